The van der Waals surface area contributed by atoms with Gasteiger partial charge < -0.3 is 11.1 Å². The summed E-state index contributed by atoms with van der Waals surface area (Å²) in [6.45, 7) is 9.57. The van der Waals surface area contributed by atoms with Crippen LogP contribution in [0, 0.1) is 0 Å². The van der Waals surface area contributed by atoms with Crippen molar-refractivity contribution >= 4 is 6.03 Å². The van der Waals surface area contributed by atoms with Crippen molar-refractivity contribution in [2.24, 2.45) is 5.73 Å². The second-order valence-electron chi connectivity index (χ2n) is 3.92. The molecule has 1 saturated heterocycles. The summed E-state index contributed by atoms with van der Waals surface area (Å²) in [7, 11) is 0. The van der Waals surface area contributed by atoms with Gasteiger partial charge >= 0.3 is 6.03 Å². The molecule has 0 saturated carbocycles. The van der Waals surface area contributed by atoms with Crippen LogP contribution in [0.4, 0.5) is 4.79 Å². The average molecular weight is 169 g/mol. The van der Waals surface area contributed by atoms with Gasteiger partial charge in [0, 0.05) is 5.54 Å². The third-order valence-corrected chi connectivity index (χ3v) is 1.80. The molecule has 1 heterocycles. The highest BCUT2D eigenvalue weighted by molar-refractivity contribution is 5.81. The average Bonchev–Trinajstić information content (AvgIpc) is 2.05. The fraction of sp³-hybridized carbons (Fsp3) is 0.625. The molecular weight excluding hydrogens is 154 g/mol. The summed E-state index contributed by atoms with van der Waals surface area (Å²) < 4.78 is 0. The fourth-order valence-electron chi connectivity index (χ4n) is 1.29. The van der Waals surface area contributed by atoms with Gasteiger partial charge in [0.05, 0.1) is 5.70 Å². The van der Waals surface area contributed by atoms with E-state index >= 15 is 0 Å². The van der Waals surface area contributed by atoms with Gasteiger partial charge in [-0.15, -0.1) is 0 Å². The van der Waals surface area contributed by atoms with Crippen LogP contribution < -0.4 is 11.1 Å². The van der Waals surface area contributed by atoms with Gasteiger partial charge in [-0.2, -0.15) is 0 Å². The molecule has 0 radical (unpaired) electrons. The third-order valence-electron chi connectivity index (χ3n) is 1.80. The predicted octanol–water partition coefficient (Wildman–Crippen LogP) is 0.609. The van der Waals surface area contributed by atoms with Crippen molar-refractivity contribution in [3.05, 3.63) is 12.3 Å². The topological polar surface area (TPSA) is 58.4 Å². The van der Waals surface area contributed by atoms with E-state index in [4.69, 9.17) is 5.73 Å². The highest BCUT2D eigenvalue weighted by Crippen LogP contribution is 2.23. The molecule has 1 rings (SSSR count). The monoisotopic (exact) mass is 169 g/mol. The molecule has 0 aromatic carbocycles. The van der Waals surface area contributed by atoms with Gasteiger partial charge in [-0.25, -0.2) is 4.79 Å². The molecule has 12 heavy (non-hydrogen) atoms. The maximum absolute atomic E-state index is 11.3. The second kappa shape index (κ2) is 2.48. The Balaban J connectivity index is 2.92. The molecule has 0 aromatic rings. The minimum atomic E-state index is -0.434. The number of hydrogen-bond donors (Lipinski definition) is 2. The van der Waals surface area contributed by atoms with Crippen molar-refractivity contribution in [1.29, 1.82) is 0 Å². The lowest BCUT2D eigenvalue weighted by atomic mass is 10.1. The van der Waals surface area contributed by atoms with Crippen molar-refractivity contribution in [2.75, 3.05) is 0 Å². The van der Waals surface area contributed by atoms with E-state index in [0.29, 0.717) is 5.70 Å². The highest BCUT2D eigenvalue weighted by Gasteiger charge is 2.37. The lowest BCUT2D eigenvalue weighted by Crippen LogP contribution is -2.42. The molecule has 4 nitrogen and oxygen atoms in total. The van der Waals surface area contributed by atoms with E-state index in [1.54, 1.807) is 4.90 Å². The summed E-state index contributed by atoms with van der Waals surface area (Å²) in [5, 5.41) is 2.59. The van der Waals surface area contributed by atoms with E-state index in [0.717, 1.165) is 0 Å². The number of hydrogen-bond acceptors (Lipinski definition) is 2. The lowest BCUT2D eigenvalue weighted by molar-refractivity contribution is 0.187. The Labute approximate surface area is 72.4 Å². The number of nitrogens with one attached hydrogen (secondary N) is 1. The Hall–Kier alpha value is -1.03. The number of rotatable bonds is 0. The smallest absolute Gasteiger partial charge is 0.317 e. The molecule has 0 aliphatic carbocycles. The molecule has 1 aliphatic rings. The van der Waals surface area contributed by atoms with E-state index in [9.17, 15) is 4.79 Å². The van der Waals surface area contributed by atoms with Gasteiger partial charge in [0.15, 0.2) is 0 Å². The van der Waals surface area contributed by atoms with Gasteiger partial charge in [-0.05, 0) is 20.8 Å². The molecule has 0 spiro atoms. The van der Waals surface area contributed by atoms with Gasteiger partial charge in [0.1, 0.15) is 6.17 Å². The minimum Gasteiger partial charge on any atom is -0.317 e. The van der Waals surface area contributed by atoms with Crippen molar-refractivity contribution in [2.45, 2.75) is 32.5 Å². The fourth-order valence-corrected chi connectivity index (χ4v) is 1.29. The first-order valence-electron chi connectivity index (χ1n) is 3.89. The highest BCUT2D eigenvalue weighted by atomic mass is 16.2. The molecular formula is C8H15N3O. The van der Waals surface area contributed by atoms with Crippen molar-refractivity contribution in [3.63, 3.8) is 0 Å². The molecule has 1 unspecified atom stereocenters. The quantitative estimate of drug-likeness (QED) is 0.558. The van der Waals surface area contributed by atoms with Gasteiger partial charge in [0.25, 0.3) is 0 Å². The third kappa shape index (κ3) is 1.30. The number of amides is 2. The van der Waals surface area contributed by atoms with Gasteiger partial charge in [-0.1, -0.05) is 6.58 Å². The first-order valence-corrected chi connectivity index (χ1v) is 3.89. The first-order chi connectivity index (χ1) is 5.34. The van der Waals surface area contributed by atoms with Crippen LogP contribution in [0.25, 0.3) is 0 Å². The summed E-state index contributed by atoms with van der Waals surface area (Å²) in [5.74, 6) is 0. The first kappa shape index (κ1) is 9.06. The number of nitrogens with two attached hydrogens (primary N) is 1. The van der Waals surface area contributed by atoms with E-state index < -0.39 is 6.17 Å². The molecule has 4 heteroatoms. The Morgan fingerprint density at radius 1 is 1.58 bits per heavy atom. The number of carbonyl (C=O) groups excluding carboxylic acids is 1. The predicted molar refractivity (Wildman–Crippen MR) is 47.2 cm³/mol. The van der Waals surface area contributed by atoms with Crippen molar-refractivity contribution in [3.8, 4) is 0 Å². The molecule has 1 fully saturated rings. The Morgan fingerprint density at radius 2 is 2.08 bits per heavy atom. The summed E-state index contributed by atoms with van der Waals surface area (Å²) in [6.07, 6.45) is -0.434. The van der Waals surface area contributed by atoms with E-state index in [2.05, 4.69) is 11.9 Å². The van der Waals surface area contributed by atoms with Crippen molar-refractivity contribution in [1.82, 2.24) is 10.2 Å². The zero-order chi connectivity index (χ0) is 9.52. The van der Waals surface area contributed by atoms with Crippen molar-refractivity contribution < 1.29 is 4.79 Å². The van der Waals surface area contributed by atoms with Crippen LogP contribution >= 0.6 is 0 Å². The van der Waals surface area contributed by atoms with E-state index in [-0.39, 0.29) is 11.6 Å². The Kier molecular flexibility index (Phi) is 1.88. The Bertz CT molecular complexity index is 229. The molecule has 0 bridgehead atoms. The number of carbonyl (C=O) groups is 1. The van der Waals surface area contributed by atoms with E-state index in [1.165, 1.54) is 0 Å². The lowest BCUT2D eigenvalue weighted by Gasteiger charge is -2.31. The zero-order valence-electron chi connectivity index (χ0n) is 7.72. The van der Waals surface area contributed by atoms with Crippen LogP contribution in [0.5, 0.6) is 0 Å². The Morgan fingerprint density at radius 3 is 2.25 bits per heavy atom. The molecule has 1 aliphatic heterocycles. The molecule has 0 aromatic heterocycles. The number of urea groups is 1. The SMILES string of the molecule is C=C1C(N)NC(=O)N1C(C)(C)C. The molecule has 1 atom stereocenters. The van der Waals surface area contributed by atoms with Gasteiger partial charge in [-0.3, -0.25) is 4.90 Å². The van der Waals surface area contributed by atoms with E-state index in [1.807, 2.05) is 20.8 Å². The maximum Gasteiger partial charge on any atom is 0.323 e. The van der Waals surface area contributed by atoms with Crippen LogP contribution in [0.15, 0.2) is 12.3 Å². The summed E-state index contributed by atoms with van der Waals surface area (Å²) in [4.78, 5) is 12.9. The van der Waals surface area contributed by atoms with Crippen LogP contribution in [-0.2, 0) is 0 Å². The summed E-state index contributed by atoms with van der Waals surface area (Å²) in [5.41, 5.74) is 5.96. The zero-order valence-corrected chi connectivity index (χ0v) is 7.72. The van der Waals surface area contributed by atoms with Crippen LogP contribution in [0.2, 0.25) is 0 Å². The largest absolute Gasteiger partial charge is 0.323 e. The second-order valence-corrected chi connectivity index (χ2v) is 3.92. The maximum atomic E-state index is 11.3. The standard InChI is InChI=1S/C8H15N3O/c1-5-6(9)10-7(12)11(5)8(2,3)4/h6H,1,9H2,2-4H3,(H,10,12). The van der Waals surface area contributed by atoms with Crippen LogP contribution in [0.3, 0.4) is 0 Å². The number of nitrogens with zero attached hydrogens (tertiary/aromatic N) is 1. The van der Waals surface area contributed by atoms with Crippen LogP contribution in [0.1, 0.15) is 20.8 Å². The molecule has 3 N–H and O–H groups in total. The van der Waals surface area contributed by atoms with Crippen LogP contribution in [-0.4, -0.2) is 22.6 Å². The summed E-state index contributed by atoms with van der Waals surface area (Å²) in [6, 6.07) is -0.167. The molecule has 2 amide bonds. The minimum absolute atomic E-state index is 0.167. The van der Waals surface area contributed by atoms with Gasteiger partial charge in [0.2, 0.25) is 0 Å². The normalized spacial score (nSPS) is 24.7. The summed E-state index contributed by atoms with van der Waals surface area (Å²) >= 11 is 0. The molecule has 68 valence electrons.